The van der Waals surface area contributed by atoms with Gasteiger partial charge >= 0.3 is 5.91 Å². The van der Waals surface area contributed by atoms with Gasteiger partial charge in [-0.15, -0.1) is 0 Å². The topological polar surface area (TPSA) is 121 Å². The fourth-order valence-electron chi connectivity index (χ4n) is 2.81. The van der Waals surface area contributed by atoms with Crippen LogP contribution in [0.2, 0.25) is 0 Å². The maximum absolute atomic E-state index is 12.0. The van der Waals surface area contributed by atoms with Gasteiger partial charge in [0.25, 0.3) is 10.0 Å². The Bertz CT molecular complexity index is 1110. The van der Waals surface area contributed by atoms with Gasteiger partial charge in [-0.1, -0.05) is 67.6 Å². The van der Waals surface area contributed by atoms with E-state index in [1.807, 2.05) is 18.2 Å². The minimum Gasteiger partial charge on any atom is -0.502 e. The van der Waals surface area contributed by atoms with E-state index in [1.165, 1.54) is 19.1 Å². The Hall–Kier alpha value is -2.69. The predicted molar refractivity (Wildman–Crippen MR) is 115 cm³/mol. The van der Waals surface area contributed by atoms with Crippen LogP contribution in [0.15, 0.2) is 66.4 Å². The third kappa shape index (κ3) is 5.47. The number of nitrogens with zero attached hydrogens (tertiary/aromatic N) is 1. The Balaban J connectivity index is 0.000000222. The summed E-state index contributed by atoms with van der Waals surface area (Å²) in [7, 11) is -7.05. The van der Waals surface area contributed by atoms with Crippen molar-refractivity contribution in [1.29, 1.82) is 0 Å². The quantitative estimate of drug-likeness (QED) is 0.693. The number of carbonyl (C=O) groups is 1. The van der Waals surface area contributed by atoms with E-state index < -0.39 is 31.7 Å². The second-order valence-electron chi connectivity index (χ2n) is 6.26. The maximum Gasteiger partial charge on any atom is 0.303 e. The fraction of sp³-hybridized carbons (Fsp3) is 0.250. The van der Waals surface area contributed by atoms with E-state index >= 15 is 0 Å². The fourth-order valence-corrected chi connectivity index (χ4v) is 5.61. The zero-order chi connectivity index (χ0) is 22.4. The Morgan fingerprint density at radius 1 is 0.967 bits per heavy atom. The highest BCUT2D eigenvalue weighted by Crippen LogP contribution is 2.33. The molecule has 8 nitrogen and oxygen atoms in total. The molecule has 0 aliphatic carbocycles. The van der Waals surface area contributed by atoms with Crippen LogP contribution in [0, 0.1) is 0 Å². The molecule has 0 aromatic heterocycles. The molecule has 2 aromatic carbocycles. The highest BCUT2D eigenvalue weighted by atomic mass is 32.2. The molecule has 2 aromatic rings. The van der Waals surface area contributed by atoms with Gasteiger partial charge < -0.3 is 5.11 Å². The average Bonchev–Trinajstić information content (AvgIpc) is 2.87. The van der Waals surface area contributed by atoms with Crippen molar-refractivity contribution in [2.75, 3.05) is 13.1 Å². The molecule has 0 spiro atoms. The lowest BCUT2D eigenvalue weighted by Crippen LogP contribution is -2.31. The molecule has 0 atom stereocenters. The highest BCUT2D eigenvalue weighted by Gasteiger charge is 2.43. The van der Waals surface area contributed by atoms with E-state index in [4.69, 9.17) is 0 Å². The van der Waals surface area contributed by atoms with Gasteiger partial charge in [0, 0.05) is 13.1 Å². The first kappa shape index (κ1) is 23.6. The SMILES string of the molecule is CCN1C(=O)C(O)=C(c2ccccc2)S1(=O)=O.CCNS(=O)(=O)Cc1ccccc1. The number of carbonyl (C=O) groups excluding carboxylic acids is 1. The van der Waals surface area contributed by atoms with Gasteiger partial charge in [0.05, 0.1) is 5.75 Å². The minimum atomic E-state index is -3.92. The van der Waals surface area contributed by atoms with Crippen molar-refractivity contribution >= 4 is 30.9 Å². The molecule has 0 fully saturated rings. The lowest BCUT2D eigenvalue weighted by molar-refractivity contribution is -0.124. The van der Waals surface area contributed by atoms with Gasteiger partial charge in [-0.25, -0.2) is 25.9 Å². The molecule has 0 bridgehead atoms. The van der Waals surface area contributed by atoms with Crippen LogP contribution in [0.3, 0.4) is 0 Å². The van der Waals surface area contributed by atoms with E-state index in [0.717, 1.165) is 5.56 Å². The molecule has 30 heavy (non-hydrogen) atoms. The summed E-state index contributed by atoms with van der Waals surface area (Å²) in [4.78, 5) is 11.3. The summed E-state index contributed by atoms with van der Waals surface area (Å²) in [5.41, 5.74) is 1.12. The summed E-state index contributed by atoms with van der Waals surface area (Å²) >= 11 is 0. The zero-order valence-electron chi connectivity index (χ0n) is 16.6. The van der Waals surface area contributed by atoms with Gasteiger partial charge in [0.15, 0.2) is 0 Å². The van der Waals surface area contributed by atoms with Gasteiger partial charge in [-0.2, -0.15) is 0 Å². The third-order valence-electron chi connectivity index (χ3n) is 4.08. The van der Waals surface area contributed by atoms with Crippen molar-refractivity contribution in [3.63, 3.8) is 0 Å². The Kier molecular flexibility index (Phi) is 7.77. The van der Waals surface area contributed by atoms with Gasteiger partial charge in [-0.05, 0) is 18.1 Å². The van der Waals surface area contributed by atoms with Crippen molar-refractivity contribution in [2.45, 2.75) is 19.6 Å². The first-order chi connectivity index (χ1) is 14.1. The number of hydrogen-bond acceptors (Lipinski definition) is 6. The summed E-state index contributed by atoms with van der Waals surface area (Å²) in [6, 6.07) is 17.2. The zero-order valence-corrected chi connectivity index (χ0v) is 18.3. The molecule has 1 aliphatic heterocycles. The third-order valence-corrected chi connectivity index (χ3v) is 7.47. The van der Waals surface area contributed by atoms with Crippen LogP contribution in [-0.2, 0) is 30.6 Å². The van der Waals surface area contributed by atoms with Crippen LogP contribution in [0.25, 0.3) is 4.91 Å². The number of hydrogen-bond donors (Lipinski definition) is 2. The van der Waals surface area contributed by atoms with Crippen LogP contribution >= 0.6 is 0 Å². The molecular weight excluding hydrogens is 428 g/mol. The average molecular weight is 453 g/mol. The Morgan fingerprint density at radius 3 is 1.97 bits per heavy atom. The van der Waals surface area contributed by atoms with Crippen molar-refractivity contribution in [1.82, 2.24) is 9.03 Å². The summed E-state index contributed by atoms with van der Waals surface area (Å²) in [6.45, 7) is 3.75. The second kappa shape index (κ2) is 9.88. The predicted octanol–water partition coefficient (Wildman–Crippen LogP) is 2.23. The molecule has 0 unspecified atom stereocenters. The number of likely N-dealkylation sites (N-methyl/N-ethyl adjacent to an activating group) is 1. The first-order valence-electron chi connectivity index (χ1n) is 9.21. The number of aliphatic hydroxyl groups excluding tert-OH is 1. The molecule has 1 amide bonds. The van der Waals surface area contributed by atoms with Gasteiger partial charge in [0.2, 0.25) is 15.8 Å². The summed E-state index contributed by atoms with van der Waals surface area (Å²) in [5.74, 6) is -1.52. The largest absolute Gasteiger partial charge is 0.502 e. The van der Waals surface area contributed by atoms with E-state index in [0.29, 0.717) is 16.4 Å². The van der Waals surface area contributed by atoms with Crippen LogP contribution in [0.4, 0.5) is 0 Å². The van der Waals surface area contributed by atoms with Crippen LogP contribution in [0.5, 0.6) is 0 Å². The van der Waals surface area contributed by atoms with E-state index in [9.17, 15) is 26.7 Å². The number of rotatable bonds is 6. The molecule has 1 aliphatic rings. The number of benzene rings is 2. The second-order valence-corrected chi connectivity index (χ2v) is 9.87. The summed E-state index contributed by atoms with van der Waals surface area (Å²) in [6.07, 6.45) is 0. The molecular formula is C20H24N2O6S2. The molecule has 1 heterocycles. The number of sulfonamides is 2. The Morgan fingerprint density at radius 2 is 1.50 bits per heavy atom. The van der Waals surface area contributed by atoms with E-state index in [1.54, 1.807) is 37.3 Å². The normalized spacial score (nSPS) is 15.7. The molecule has 0 saturated heterocycles. The first-order valence-corrected chi connectivity index (χ1v) is 12.3. The molecule has 0 saturated carbocycles. The smallest absolute Gasteiger partial charge is 0.303 e. The van der Waals surface area contributed by atoms with Crippen molar-refractivity contribution in [3.8, 4) is 0 Å². The van der Waals surface area contributed by atoms with Gasteiger partial charge in [0.1, 0.15) is 4.91 Å². The molecule has 10 heteroatoms. The van der Waals surface area contributed by atoms with Crippen molar-refractivity contribution in [2.24, 2.45) is 0 Å². The van der Waals surface area contributed by atoms with Gasteiger partial charge in [-0.3, -0.25) is 4.79 Å². The van der Waals surface area contributed by atoms with Crippen LogP contribution < -0.4 is 4.72 Å². The maximum atomic E-state index is 12.0. The standard InChI is InChI=1S/C11H11NO4S.C9H13NO2S/c1-2-12-11(14)9(13)10(17(12,15)16)8-6-4-3-5-7-8;1-2-10-13(11,12)8-9-6-4-3-5-7-9/h3-7,13H,2H2,1H3;3-7,10H,2,8H2,1H3. The number of nitrogens with one attached hydrogen (secondary N) is 1. The van der Waals surface area contributed by atoms with Crippen molar-refractivity contribution < 1.29 is 26.7 Å². The molecule has 2 N–H and O–H groups in total. The lowest BCUT2D eigenvalue weighted by atomic mass is 10.2. The monoisotopic (exact) mass is 452 g/mol. The highest BCUT2D eigenvalue weighted by molar-refractivity contribution is 7.99. The minimum absolute atomic E-state index is 0.00155. The summed E-state index contributed by atoms with van der Waals surface area (Å²) in [5, 5.41) is 9.66. The molecule has 3 rings (SSSR count). The lowest BCUT2D eigenvalue weighted by Gasteiger charge is -2.12. The van der Waals surface area contributed by atoms with E-state index in [-0.39, 0.29) is 17.2 Å². The van der Waals surface area contributed by atoms with Crippen molar-refractivity contribution in [3.05, 3.63) is 77.5 Å². The molecule has 0 radical (unpaired) electrons. The number of aliphatic hydroxyl groups is 1. The molecule has 162 valence electrons. The number of amides is 1. The van der Waals surface area contributed by atoms with Crippen LogP contribution in [0.1, 0.15) is 25.0 Å². The van der Waals surface area contributed by atoms with Crippen LogP contribution in [-0.4, -0.2) is 45.2 Å². The Labute approximate surface area is 177 Å². The van der Waals surface area contributed by atoms with E-state index in [2.05, 4.69) is 4.72 Å². The summed E-state index contributed by atoms with van der Waals surface area (Å²) < 4.78 is 49.7.